The van der Waals surface area contributed by atoms with E-state index < -0.39 is 8.07 Å². The number of methoxy groups -OCH3 is 1. The van der Waals surface area contributed by atoms with Crippen LogP contribution in [0.15, 0.2) is 66.7 Å². The molecule has 4 heteroatoms. The van der Waals surface area contributed by atoms with Gasteiger partial charge in [0.05, 0.1) is 7.11 Å². The summed E-state index contributed by atoms with van der Waals surface area (Å²) in [7, 11) is 0.292. The Morgan fingerprint density at radius 3 is 2.14 bits per heavy atom. The van der Waals surface area contributed by atoms with E-state index in [0.29, 0.717) is 6.61 Å². The quantitative estimate of drug-likeness (QED) is 0.333. The van der Waals surface area contributed by atoms with Crippen molar-refractivity contribution >= 4 is 19.7 Å². The molecular weight excluding hydrogens is 396 g/mol. The van der Waals surface area contributed by atoms with Crippen molar-refractivity contribution in [3.05, 3.63) is 82.9 Å². The molecule has 0 aromatic heterocycles. The van der Waals surface area contributed by atoms with Crippen LogP contribution in [0.25, 0.3) is 11.1 Å². The van der Waals surface area contributed by atoms with Gasteiger partial charge in [0, 0.05) is 16.1 Å². The van der Waals surface area contributed by atoms with Crippen LogP contribution < -0.4 is 9.47 Å². The topological polar surface area (TPSA) is 18.5 Å². The third-order valence-electron chi connectivity index (χ3n) is 4.30. The Morgan fingerprint density at radius 2 is 1.52 bits per heavy atom. The monoisotopic (exact) mass is 420 g/mol. The fourth-order valence-electron chi connectivity index (χ4n) is 2.78. The first-order valence-corrected chi connectivity index (χ1v) is 13.4. The fourth-order valence-corrected chi connectivity index (χ4v) is 3.43. The molecule has 0 spiro atoms. The third kappa shape index (κ3) is 6.15. The molecular formula is C25H25ClO2Si. The molecule has 0 atom stereocenters. The molecule has 0 N–H and O–H groups in total. The van der Waals surface area contributed by atoms with Crippen LogP contribution in [0.1, 0.15) is 11.1 Å². The predicted octanol–water partition coefficient (Wildman–Crippen LogP) is 6.82. The lowest BCUT2D eigenvalue weighted by Crippen LogP contribution is -2.16. The number of ether oxygens (including phenoxy) is 2. The Morgan fingerprint density at radius 1 is 0.862 bits per heavy atom. The smallest absolute Gasteiger partial charge is 0.129 e. The van der Waals surface area contributed by atoms with Crippen molar-refractivity contribution in [2.45, 2.75) is 26.2 Å². The van der Waals surface area contributed by atoms with Crippen molar-refractivity contribution in [1.29, 1.82) is 0 Å². The molecule has 0 bridgehead atoms. The summed E-state index contributed by atoms with van der Waals surface area (Å²) in [6, 6.07) is 21.8. The highest BCUT2D eigenvalue weighted by atomic mass is 35.5. The van der Waals surface area contributed by atoms with Gasteiger partial charge in [-0.15, -0.1) is 5.54 Å². The number of benzene rings is 3. The SMILES string of the molecule is COc1ccc(-c2ccc(Cl)cc2)c(COc2ccc(C#C[Si](C)(C)C)cc2)c1. The van der Waals surface area contributed by atoms with E-state index in [0.717, 1.165) is 38.8 Å². The molecule has 2 nitrogen and oxygen atoms in total. The zero-order valence-corrected chi connectivity index (χ0v) is 19.0. The number of hydrogen-bond acceptors (Lipinski definition) is 2. The van der Waals surface area contributed by atoms with Crippen molar-refractivity contribution < 1.29 is 9.47 Å². The molecule has 0 saturated carbocycles. The van der Waals surface area contributed by atoms with Gasteiger partial charge in [-0.1, -0.05) is 55.4 Å². The Kier molecular flexibility index (Phi) is 6.69. The number of hydrogen-bond donors (Lipinski definition) is 0. The van der Waals surface area contributed by atoms with Gasteiger partial charge in [0.1, 0.15) is 26.2 Å². The molecule has 0 saturated heterocycles. The first-order chi connectivity index (χ1) is 13.8. The van der Waals surface area contributed by atoms with Crippen molar-refractivity contribution in [2.24, 2.45) is 0 Å². The van der Waals surface area contributed by atoms with E-state index in [1.54, 1.807) is 7.11 Å². The number of rotatable bonds is 5. The molecule has 0 unspecified atom stereocenters. The van der Waals surface area contributed by atoms with Crippen LogP contribution in [-0.4, -0.2) is 15.2 Å². The van der Waals surface area contributed by atoms with E-state index in [1.807, 2.05) is 60.7 Å². The standard InChI is InChI=1S/C25H25ClO2Si/c1-27-24-13-14-25(20-7-9-22(26)10-8-20)21(17-24)18-28-23-11-5-19(6-12-23)15-16-29(2,3)4/h5-14,17H,18H2,1-4H3. The van der Waals surface area contributed by atoms with E-state index >= 15 is 0 Å². The molecule has 0 aliphatic carbocycles. The highest BCUT2D eigenvalue weighted by molar-refractivity contribution is 6.83. The highest BCUT2D eigenvalue weighted by Crippen LogP contribution is 2.29. The molecule has 29 heavy (non-hydrogen) atoms. The van der Waals surface area contributed by atoms with Crippen molar-refractivity contribution in [2.75, 3.05) is 7.11 Å². The van der Waals surface area contributed by atoms with Gasteiger partial charge in [0.15, 0.2) is 0 Å². The summed E-state index contributed by atoms with van der Waals surface area (Å²) in [5.41, 5.74) is 7.64. The van der Waals surface area contributed by atoms with Crippen LogP contribution in [0, 0.1) is 11.5 Å². The summed E-state index contributed by atoms with van der Waals surface area (Å²) in [5, 5.41) is 0.720. The van der Waals surface area contributed by atoms with E-state index in [2.05, 4.69) is 37.2 Å². The lowest BCUT2D eigenvalue weighted by molar-refractivity contribution is 0.305. The summed E-state index contributed by atoms with van der Waals surface area (Å²) in [4.78, 5) is 0. The fraction of sp³-hybridized carbons (Fsp3) is 0.200. The summed E-state index contributed by atoms with van der Waals surface area (Å²) >= 11 is 6.04. The lowest BCUT2D eigenvalue weighted by Gasteiger charge is -2.13. The van der Waals surface area contributed by atoms with E-state index in [9.17, 15) is 0 Å². The molecule has 0 heterocycles. The highest BCUT2D eigenvalue weighted by Gasteiger charge is 2.09. The van der Waals surface area contributed by atoms with Gasteiger partial charge in [0.2, 0.25) is 0 Å². The molecule has 148 valence electrons. The van der Waals surface area contributed by atoms with E-state index in [1.165, 1.54) is 0 Å². The van der Waals surface area contributed by atoms with Crippen LogP contribution in [0.2, 0.25) is 24.7 Å². The van der Waals surface area contributed by atoms with Crippen LogP contribution in [0.4, 0.5) is 0 Å². The summed E-state index contributed by atoms with van der Waals surface area (Å²) in [6.45, 7) is 7.16. The van der Waals surface area contributed by atoms with E-state index in [4.69, 9.17) is 21.1 Å². The largest absolute Gasteiger partial charge is 0.497 e. The first kappa shape index (κ1) is 21.0. The molecule has 0 aliphatic rings. The van der Waals surface area contributed by atoms with Gasteiger partial charge in [-0.2, -0.15) is 0 Å². The maximum absolute atomic E-state index is 6.06. The average Bonchev–Trinajstić information content (AvgIpc) is 2.71. The second-order valence-corrected chi connectivity index (χ2v) is 13.0. The summed E-state index contributed by atoms with van der Waals surface area (Å²) < 4.78 is 11.5. The van der Waals surface area contributed by atoms with Crippen molar-refractivity contribution in [1.82, 2.24) is 0 Å². The predicted molar refractivity (Wildman–Crippen MR) is 124 cm³/mol. The van der Waals surface area contributed by atoms with Gasteiger partial charge < -0.3 is 9.47 Å². The minimum atomic E-state index is -1.38. The van der Waals surface area contributed by atoms with Gasteiger partial charge in [0.25, 0.3) is 0 Å². The third-order valence-corrected chi connectivity index (χ3v) is 5.43. The Labute approximate surface area is 179 Å². The van der Waals surface area contributed by atoms with Gasteiger partial charge in [-0.3, -0.25) is 0 Å². The zero-order chi connectivity index (χ0) is 20.9. The lowest BCUT2D eigenvalue weighted by atomic mass is 10.00. The number of halogens is 1. The Hall–Kier alpha value is -2.67. The minimum absolute atomic E-state index is 0.440. The van der Waals surface area contributed by atoms with Crippen LogP contribution in [-0.2, 0) is 6.61 Å². The molecule has 3 aromatic rings. The summed E-state index contributed by atoms with van der Waals surface area (Å²) in [6.07, 6.45) is 0. The van der Waals surface area contributed by atoms with E-state index in [-0.39, 0.29) is 0 Å². The normalized spacial score (nSPS) is 10.8. The first-order valence-electron chi connectivity index (χ1n) is 9.53. The molecule has 0 amide bonds. The molecule has 0 fully saturated rings. The molecule has 0 radical (unpaired) electrons. The second kappa shape index (κ2) is 9.22. The van der Waals surface area contributed by atoms with Gasteiger partial charge in [-0.05, 0) is 59.7 Å². The van der Waals surface area contributed by atoms with Crippen molar-refractivity contribution in [3.63, 3.8) is 0 Å². The average molecular weight is 421 g/mol. The maximum Gasteiger partial charge on any atom is 0.129 e. The Bertz CT molecular complexity index is 1020. The van der Waals surface area contributed by atoms with Crippen LogP contribution >= 0.6 is 11.6 Å². The second-order valence-electron chi connectivity index (χ2n) is 7.84. The molecule has 3 aromatic carbocycles. The zero-order valence-electron chi connectivity index (χ0n) is 17.3. The van der Waals surface area contributed by atoms with Crippen molar-refractivity contribution in [3.8, 4) is 34.1 Å². The summed E-state index contributed by atoms with van der Waals surface area (Å²) in [5.74, 6) is 4.88. The minimum Gasteiger partial charge on any atom is -0.497 e. The Balaban J connectivity index is 1.79. The molecule has 3 rings (SSSR count). The maximum atomic E-state index is 6.06. The van der Waals surface area contributed by atoms with Gasteiger partial charge in [-0.25, -0.2) is 0 Å². The van der Waals surface area contributed by atoms with Crippen LogP contribution in [0.3, 0.4) is 0 Å². The molecule has 0 aliphatic heterocycles. The van der Waals surface area contributed by atoms with Crippen LogP contribution in [0.5, 0.6) is 11.5 Å². The van der Waals surface area contributed by atoms with Gasteiger partial charge >= 0.3 is 0 Å².